The number of hydrogen-bond acceptors (Lipinski definition) is 9. The first-order chi connectivity index (χ1) is 17.3. The van der Waals surface area contributed by atoms with Crippen molar-refractivity contribution in [1.82, 2.24) is 10.5 Å². The molecule has 0 atom stereocenters. The van der Waals surface area contributed by atoms with E-state index in [2.05, 4.69) is 21.1 Å². The Morgan fingerprint density at radius 2 is 1.81 bits per heavy atom. The highest BCUT2D eigenvalue weighted by Gasteiger charge is 2.34. The van der Waals surface area contributed by atoms with Gasteiger partial charge in [0.15, 0.2) is 18.9 Å². The second-order valence-corrected chi connectivity index (χ2v) is 9.35. The van der Waals surface area contributed by atoms with Crippen LogP contribution >= 0.6 is 11.3 Å². The Morgan fingerprint density at radius 3 is 2.39 bits per heavy atom. The van der Waals surface area contributed by atoms with Gasteiger partial charge in [-0.2, -0.15) is 0 Å². The van der Waals surface area contributed by atoms with Crippen molar-refractivity contribution < 1.29 is 38.0 Å². The Hall–Kier alpha value is -3.29. The number of methoxy groups -OCH3 is 1. The largest absolute Gasteiger partial charge is 0.554 e. The lowest BCUT2D eigenvalue weighted by Crippen LogP contribution is -2.56. The maximum atomic E-state index is 13.1. The highest BCUT2D eigenvalue weighted by atomic mass is 32.1. The number of nitrogens with zero attached hydrogens (tertiary/aromatic N) is 2. The highest BCUT2D eigenvalue weighted by Crippen LogP contribution is 2.28. The van der Waals surface area contributed by atoms with Crippen molar-refractivity contribution in [3.8, 4) is 0 Å². The second-order valence-electron chi connectivity index (χ2n) is 8.47. The molecular weight excluding hydrogens is 490 g/mol. The van der Waals surface area contributed by atoms with Gasteiger partial charge in [0.2, 0.25) is 0 Å². The topological polar surface area (TPSA) is 163 Å². The maximum Gasteiger partial charge on any atom is 0.280 e. The summed E-state index contributed by atoms with van der Waals surface area (Å²) in [6.07, 6.45) is 5.47. The zero-order valence-electron chi connectivity index (χ0n) is 20.5. The van der Waals surface area contributed by atoms with Gasteiger partial charge in [0, 0.05) is 26.2 Å². The standard InChI is InChI=1S/C22H31N5O5S.CH2O2/c1-16-15-33-21(22(30)23-8-12-31-2)20(16)25-19(29)14-27(9-5-3-4-6-10-27)13-18(28)24-17-7-11-32-26-17;2-1-3/h7,11,15H,3-6,8-10,12-14H2,1-2H3,(H2-,23,24,25,26,28,29,30);1H,(H,2,3). The first-order valence-electron chi connectivity index (χ1n) is 11.6. The third kappa shape index (κ3) is 9.06. The Labute approximate surface area is 213 Å². The van der Waals surface area contributed by atoms with Gasteiger partial charge in [0.05, 0.1) is 25.4 Å². The van der Waals surface area contributed by atoms with Gasteiger partial charge in [-0.1, -0.05) is 5.16 Å². The Balaban J connectivity index is 0.00000145. The molecule has 198 valence electrons. The summed E-state index contributed by atoms with van der Waals surface area (Å²) in [4.78, 5) is 47.1. The van der Waals surface area contributed by atoms with E-state index in [9.17, 15) is 14.4 Å². The predicted molar refractivity (Wildman–Crippen MR) is 131 cm³/mol. The molecule has 0 bridgehead atoms. The number of aryl methyl sites for hydroxylation is 1. The minimum absolute atomic E-state index is 0.159. The van der Waals surface area contributed by atoms with Crippen molar-refractivity contribution in [1.29, 1.82) is 0 Å². The molecule has 2 aromatic rings. The molecule has 1 fully saturated rings. The average Bonchev–Trinajstić information content (AvgIpc) is 3.40. The zero-order chi connectivity index (χ0) is 26.4. The monoisotopic (exact) mass is 523 g/mol. The second kappa shape index (κ2) is 15.0. The number of anilines is 2. The molecule has 3 amide bonds. The number of hydrogen-bond donors (Lipinski definition) is 3. The normalized spacial score (nSPS) is 14.5. The van der Waals surface area contributed by atoms with Crippen molar-refractivity contribution in [2.45, 2.75) is 32.6 Å². The fraction of sp³-hybridized carbons (Fsp3) is 0.522. The number of amides is 3. The summed E-state index contributed by atoms with van der Waals surface area (Å²) in [5.41, 5.74) is 1.36. The minimum atomic E-state index is -0.500. The van der Waals surface area contributed by atoms with E-state index in [0.29, 0.717) is 34.0 Å². The zero-order valence-corrected chi connectivity index (χ0v) is 21.4. The lowest BCUT2D eigenvalue weighted by molar-refractivity contribution is -0.912. The molecule has 0 unspecified atom stereocenters. The molecule has 0 saturated carbocycles. The number of carbonyl (C=O) groups is 4. The molecule has 0 aromatic carbocycles. The molecule has 1 aliphatic heterocycles. The van der Waals surface area contributed by atoms with E-state index in [1.807, 2.05) is 12.3 Å². The van der Waals surface area contributed by atoms with Crippen LogP contribution in [0.25, 0.3) is 0 Å². The molecule has 3 rings (SSSR count). The van der Waals surface area contributed by atoms with Crippen LogP contribution in [0.3, 0.4) is 0 Å². The maximum absolute atomic E-state index is 13.1. The molecule has 3 heterocycles. The molecule has 1 aliphatic rings. The summed E-state index contributed by atoms with van der Waals surface area (Å²) in [5.74, 6) is -0.302. The van der Waals surface area contributed by atoms with Gasteiger partial charge in [0.25, 0.3) is 17.7 Å². The van der Waals surface area contributed by atoms with E-state index in [0.717, 1.165) is 44.3 Å². The number of rotatable bonds is 10. The molecule has 12 nitrogen and oxygen atoms in total. The van der Waals surface area contributed by atoms with Gasteiger partial charge in [-0.3, -0.25) is 14.4 Å². The number of carboxylic acid groups (broad SMARTS) is 1. The third-order valence-electron chi connectivity index (χ3n) is 5.72. The van der Waals surface area contributed by atoms with Gasteiger partial charge in [-0.15, -0.1) is 11.3 Å². The van der Waals surface area contributed by atoms with Crippen LogP contribution in [0, 0.1) is 6.92 Å². The van der Waals surface area contributed by atoms with E-state index < -0.39 is 6.47 Å². The summed E-state index contributed by atoms with van der Waals surface area (Å²) in [5, 5.41) is 22.3. The minimum Gasteiger partial charge on any atom is -0.554 e. The quantitative estimate of drug-likeness (QED) is 0.233. The first-order valence-corrected chi connectivity index (χ1v) is 12.5. The lowest BCUT2D eigenvalue weighted by Gasteiger charge is -2.36. The van der Waals surface area contributed by atoms with E-state index in [4.69, 9.17) is 19.2 Å². The SMILES string of the molecule is COCCNC(=O)c1scc(C)c1NC(=O)C[N+]1(CC(=O)Nc2ccon2)CCCCCC1.O=C[O-]. The van der Waals surface area contributed by atoms with Gasteiger partial charge in [0.1, 0.15) is 11.1 Å². The summed E-state index contributed by atoms with van der Waals surface area (Å²) in [6.45, 7) is 3.98. The van der Waals surface area contributed by atoms with Gasteiger partial charge >= 0.3 is 0 Å². The molecule has 0 spiro atoms. The van der Waals surface area contributed by atoms with E-state index in [1.54, 1.807) is 13.2 Å². The molecule has 36 heavy (non-hydrogen) atoms. The van der Waals surface area contributed by atoms with Gasteiger partial charge in [-0.25, -0.2) is 0 Å². The molecule has 0 radical (unpaired) electrons. The predicted octanol–water partition coefficient (Wildman–Crippen LogP) is 0.755. The fourth-order valence-electron chi connectivity index (χ4n) is 4.09. The van der Waals surface area contributed by atoms with Crippen molar-refractivity contribution in [2.75, 3.05) is 57.1 Å². The first kappa shape index (κ1) is 28.9. The van der Waals surface area contributed by atoms with Gasteiger partial charge < -0.3 is 39.6 Å². The lowest BCUT2D eigenvalue weighted by atomic mass is 10.2. The number of nitrogens with one attached hydrogen (secondary N) is 3. The highest BCUT2D eigenvalue weighted by molar-refractivity contribution is 7.13. The Bertz CT molecular complexity index is 985. The number of ether oxygens (including phenoxy) is 1. The van der Waals surface area contributed by atoms with Crippen molar-refractivity contribution in [3.05, 3.63) is 28.2 Å². The van der Waals surface area contributed by atoms with Crippen LogP contribution in [-0.2, 0) is 19.1 Å². The summed E-state index contributed by atoms with van der Waals surface area (Å²) < 4.78 is 10.1. The Morgan fingerprint density at radius 1 is 1.17 bits per heavy atom. The van der Waals surface area contributed by atoms with Crippen LogP contribution in [0.4, 0.5) is 11.5 Å². The molecule has 2 aromatic heterocycles. The van der Waals surface area contributed by atoms with Crippen LogP contribution < -0.4 is 21.1 Å². The third-order valence-corrected chi connectivity index (χ3v) is 6.81. The van der Waals surface area contributed by atoms with Crippen molar-refractivity contribution in [2.24, 2.45) is 0 Å². The number of likely N-dealkylation sites (tertiary alicyclic amines) is 1. The molecule has 3 N–H and O–H groups in total. The van der Waals surface area contributed by atoms with Crippen LogP contribution in [-0.4, -0.2) is 80.3 Å². The van der Waals surface area contributed by atoms with Crippen molar-refractivity contribution in [3.63, 3.8) is 0 Å². The summed E-state index contributed by atoms with van der Waals surface area (Å²) >= 11 is 1.29. The van der Waals surface area contributed by atoms with Gasteiger partial charge in [-0.05, 0) is 43.6 Å². The van der Waals surface area contributed by atoms with Crippen LogP contribution in [0.15, 0.2) is 22.2 Å². The number of carbonyl (C=O) groups excluding carboxylic acids is 4. The summed E-state index contributed by atoms with van der Waals surface area (Å²) in [7, 11) is 1.57. The fourth-order valence-corrected chi connectivity index (χ4v) is 5.01. The molecule has 1 saturated heterocycles. The molecule has 13 heteroatoms. The smallest absolute Gasteiger partial charge is 0.280 e. The molecular formula is C23H33N5O7S. The Kier molecular flexibility index (Phi) is 12.0. The van der Waals surface area contributed by atoms with Crippen LogP contribution in [0.5, 0.6) is 0 Å². The number of thiophene rings is 1. The number of quaternary nitrogens is 1. The molecule has 0 aliphatic carbocycles. The van der Waals surface area contributed by atoms with Crippen LogP contribution in [0.1, 0.15) is 40.9 Å². The van der Waals surface area contributed by atoms with E-state index >= 15 is 0 Å². The van der Waals surface area contributed by atoms with Crippen molar-refractivity contribution >= 4 is 47.0 Å². The van der Waals surface area contributed by atoms with Crippen LogP contribution in [0.2, 0.25) is 0 Å². The van der Waals surface area contributed by atoms with E-state index in [1.165, 1.54) is 17.6 Å². The number of aromatic nitrogens is 1. The average molecular weight is 524 g/mol. The summed E-state index contributed by atoms with van der Waals surface area (Å²) in [6, 6.07) is 1.58. The van der Waals surface area contributed by atoms with E-state index in [-0.39, 0.29) is 30.8 Å².